The third-order valence-corrected chi connectivity index (χ3v) is 3.95. The van der Waals surface area contributed by atoms with Crippen LogP contribution in [0.25, 0.3) is 0 Å². The van der Waals surface area contributed by atoms with Gasteiger partial charge < -0.3 is 5.32 Å². The van der Waals surface area contributed by atoms with Gasteiger partial charge in [0.15, 0.2) is 0 Å². The molecule has 0 bridgehead atoms. The number of hydrogen-bond donors (Lipinski definition) is 1. The molecule has 1 saturated carbocycles. The number of nitrogens with one attached hydrogen (secondary N) is 1. The molecule has 1 aromatic rings. The molecule has 1 heterocycles. The molecule has 0 saturated heterocycles. The Kier molecular flexibility index (Phi) is 5.59. The molecule has 0 amide bonds. The smallest absolute Gasteiger partial charge is 0.0544 e. The maximum Gasteiger partial charge on any atom is 0.0544 e. The zero-order valence-corrected chi connectivity index (χ0v) is 11.4. The Balaban J connectivity index is 2.08. The zero-order valence-electron chi connectivity index (χ0n) is 11.4. The molecule has 1 N–H and O–H groups in total. The highest BCUT2D eigenvalue weighted by molar-refractivity contribution is 5.13. The molecule has 1 aliphatic rings. The van der Waals surface area contributed by atoms with E-state index < -0.39 is 0 Å². The lowest BCUT2D eigenvalue weighted by Crippen LogP contribution is -2.29. The summed E-state index contributed by atoms with van der Waals surface area (Å²) < 4.78 is 0. The van der Waals surface area contributed by atoms with Crippen LogP contribution in [0.1, 0.15) is 63.5 Å². The van der Waals surface area contributed by atoms with Crippen LogP contribution in [0.5, 0.6) is 0 Å². The van der Waals surface area contributed by atoms with Gasteiger partial charge in [-0.1, -0.05) is 32.6 Å². The first-order valence-corrected chi connectivity index (χ1v) is 7.41. The first-order chi connectivity index (χ1) is 8.92. The molecular formula is C15H25N3. The quantitative estimate of drug-likeness (QED) is 0.809. The summed E-state index contributed by atoms with van der Waals surface area (Å²) in [7, 11) is 0. The Labute approximate surface area is 110 Å². The van der Waals surface area contributed by atoms with E-state index in [4.69, 9.17) is 0 Å². The number of aromatic nitrogens is 2. The topological polar surface area (TPSA) is 37.8 Å². The summed E-state index contributed by atoms with van der Waals surface area (Å²) >= 11 is 0. The zero-order chi connectivity index (χ0) is 12.6. The number of rotatable bonds is 5. The molecule has 0 spiro atoms. The highest BCUT2D eigenvalue weighted by Gasteiger charge is 2.23. The van der Waals surface area contributed by atoms with Gasteiger partial charge in [0.1, 0.15) is 0 Å². The van der Waals surface area contributed by atoms with Crippen LogP contribution in [0.2, 0.25) is 0 Å². The van der Waals surface area contributed by atoms with Crippen molar-refractivity contribution >= 4 is 0 Å². The van der Waals surface area contributed by atoms with E-state index >= 15 is 0 Å². The average Bonchev–Trinajstić information content (AvgIpc) is 2.70. The largest absolute Gasteiger partial charge is 0.310 e. The normalized spacial score (nSPS) is 19.4. The Hall–Kier alpha value is -0.960. The minimum absolute atomic E-state index is 0.471. The van der Waals surface area contributed by atoms with Gasteiger partial charge in [0.2, 0.25) is 0 Å². The van der Waals surface area contributed by atoms with E-state index in [1.54, 1.807) is 0 Å². The molecule has 0 aromatic carbocycles. The molecule has 0 aliphatic heterocycles. The molecule has 3 nitrogen and oxygen atoms in total. The van der Waals surface area contributed by atoms with Crippen LogP contribution >= 0.6 is 0 Å². The summed E-state index contributed by atoms with van der Waals surface area (Å²) in [6.45, 7) is 3.31. The second-order valence-electron chi connectivity index (χ2n) is 5.36. The van der Waals surface area contributed by atoms with Crippen LogP contribution in [-0.4, -0.2) is 16.7 Å². The van der Waals surface area contributed by atoms with Crippen molar-refractivity contribution in [3.8, 4) is 0 Å². The van der Waals surface area contributed by atoms with E-state index in [1.807, 2.05) is 12.4 Å². The first-order valence-electron chi connectivity index (χ1n) is 7.41. The van der Waals surface area contributed by atoms with E-state index in [0.717, 1.165) is 12.5 Å². The minimum atomic E-state index is 0.471. The van der Waals surface area contributed by atoms with Crippen LogP contribution in [0.3, 0.4) is 0 Å². The van der Waals surface area contributed by atoms with Gasteiger partial charge in [-0.2, -0.15) is 10.2 Å². The van der Waals surface area contributed by atoms with Crippen molar-refractivity contribution in [3.05, 3.63) is 24.0 Å². The van der Waals surface area contributed by atoms with Crippen molar-refractivity contribution in [1.29, 1.82) is 0 Å². The fraction of sp³-hybridized carbons (Fsp3) is 0.733. The molecule has 1 aromatic heterocycles. The fourth-order valence-corrected chi connectivity index (χ4v) is 2.99. The van der Waals surface area contributed by atoms with Crippen molar-refractivity contribution in [1.82, 2.24) is 15.5 Å². The van der Waals surface area contributed by atoms with Crippen molar-refractivity contribution in [2.24, 2.45) is 5.92 Å². The summed E-state index contributed by atoms with van der Waals surface area (Å²) in [5, 5.41) is 11.7. The van der Waals surface area contributed by atoms with Crippen LogP contribution in [0.4, 0.5) is 0 Å². The van der Waals surface area contributed by atoms with Crippen molar-refractivity contribution < 1.29 is 0 Å². The molecule has 1 atom stereocenters. The Bertz CT molecular complexity index is 318. The van der Waals surface area contributed by atoms with Crippen molar-refractivity contribution in [3.63, 3.8) is 0 Å². The van der Waals surface area contributed by atoms with Gasteiger partial charge in [-0.15, -0.1) is 0 Å². The van der Waals surface area contributed by atoms with Gasteiger partial charge in [0.25, 0.3) is 0 Å². The highest BCUT2D eigenvalue weighted by Crippen LogP contribution is 2.33. The minimum Gasteiger partial charge on any atom is -0.310 e. The van der Waals surface area contributed by atoms with Gasteiger partial charge in [-0.25, -0.2) is 0 Å². The predicted molar refractivity (Wildman–Crippen MR) is 74.3 cm³/mol. The highest BCUT2D eigenvalue weighted by atomic mass is 15.1. The SMILES string of the molecule is CCCNC(c1ccnnc1)C1CCCCCC1. The van der Waals surface area contributed by atoms with Crippen LogP contribution in [0.15, 0.2) is 18.5 Å². The molecular weight excluding hydrogens is 222 g/mol. The lowest BCUT2D eigenvalue weighted by molar-refractivity contribution is 0.325. The Morgan fingerprint density at radius 3 is 2.61 bits per heavy atom. The average molecular weight is 247 g/mol. The van der Waals surface area contributed by atoms with Gasteiger partial charge >= 0.3 is 0 Å². The molecule has 2 rings (SSSR count). The third-order valence-electron chi connectivity index (χ3n) is 3.95. The maximum absolute atomic E-state index is 4.04. The van der Waals surface area contributed by atoms with Crippen molar-refractivity contribution in [2.45, 2.75) is 57.9 Å². The van der Waals surface area contributed by atoms with E-state index in [-0.39, 0.29) is 0 Å². The molecule has 18 heavy (non-hydrogen) atoms. The lowest BCUT2D eigenvalue weighted by Gasteiger charge is -2.27. The molecule has 3 heteroatoms. The maximum atomic E-state index is 4.04. The standard InChI is InChI=1S/C15H25N3/c1-2-10-16-15(14-9-11-17-18-12-14)13-7-5-3-4-6-8-13/h9,11-13,15-16H,2-8,10H2,1H3. The van der Waals surface area contributed by atoms with Crippen LogP contribution < -0.4 is 5.32 Å². The van der Waals surface area contributed by atoms with Crippen LogP contribution in [0, 0.1) is 5.92 Å². The van der Waals surface area contributed by atoms with E-state index in [2.05, 4.69) is 28.5 Å². The Morgan fingerprint density at radius 1 is 1.22 bits per heavy atom. The Morgan fingerprint density at radius 2 is 2.00 bits per heavy atom. The lowest BCUT2D eigenvalue weighted by atomic mass is 9.88. The summed E-state index contributed by atoms with van der Waals surface area (Å²) in [6, 6.07) is 2.59. The summed E-state index contributed by atoms with van der Waals surface area (Å²) in [5.74, 6) is 0.767. The second kappa shape index (κ2) is 7.47. The molecule has 100 valence electrons. The molecule has 1 unspecified atom stereocenters. The second-order valence-corrected chi connectivity index (χ2v) is 5.36. The molecule has 1 aliphatic carbocycles. The van der Waals surface area contributed by atoms with Crippen molar-refractivity contribution in [2.75, 3.05) is 6.54 Å². The van der Waals surface area contributed by atoms with Gasteiger partial charge in [-0.05, 0) is 43.4 Å². The monoisotopic (exact) mass is 247 g/mol. The van der Waals surface area contributed by atoms with E-state index in [1.165, 1.54) is 50.5 Å². The summed E-state index contributed by atoms with van der Waals surface area (Å²) in [5.41, 5.74) is 1.31. The van der Waals surface area contributed by atoms with Gasteiger partial charge in [-0.3, -0.25) is 0 Å². The van der Waals surface area contributed by atoms with E-state index in [9.17, 15) is 0 Å². The summed E-state index contributed by atoms with van der Waals surface area (Å²) in [4.78, 5) is 0. The van der Waals surface area contributed by atoms with E-state index in [0.29, 0.717) is 6.04 Å². The predicted octanol–water partition coefficient (Wildman–Crippen LogP) is 3.49. The number of nitrogens with zero attached hydrogens (tertiary/aromatic N) is 2. The fourth-order valence-electron chi connectivity index (χ4n) is 2.99. The number of hydrogen-bond acceptors (Lipinski definition) is 3. The molecule has 0 radical (unpaired) electrons. The summed E-state index contributed by atoms with van der Waals surface area (Å²) in [6.07, 6.45) is 13.2. The first kappa shape index (κ1) is 13.5. The molecule has 1 fully saturated rings. The van der Waals surface area contributed by atoms with Gasteiger partial charge in [0, 0.05) is 12.2 Å². The third kappa shape index (κ3) is 3.77. The van der Waals surface area contributed by atoms with Crippen LogP contribution in [-0.2, 0) is 0 Å². The van der Waals surface area contributed by atoms with Gasteiger partial charge in [0.05, 0.1) is 6.20 Å².